The van der Waals surface area contributed by atoms with Crippen LogP contribution in [0.2, 0.25) is 0 Å². The molecule has 0 saturated carbocycles. The number of anilines is 1. The Balaban J connectivity index is 1.82. The monoisotopic (exact) mass is 212 g/mol. The summed E-state index contributed by atoms with van der Waals surface area (Å²) in [7, 11) is 0. The third-order valence-electron chi connectivity index (χ3n) is 2.78. The van der Waals surface area contributed by atoms with Crippen LogP contribution in [-0.4, -0.2) is 33.8 Å². The number of aromatic nitrogens is 2. The highest BCUT2D eigenvalue weighted by atomic mass is 32.2. The first-order chi connectivity index (χ1) is 6.86. The van der Waals surface area contributed by atoms with Gasteiger partial charge in [-0.2, -0.15) is 11.8 Å². The van der Waals surface area contributed by atoms with Gasteiger partial charge in [0.05, 0.1) is 6.54 Å². The van der Waals surface area contributed by atoms with Crippen LogP contribution in [0, 0.1) is 0 Å². The fourth-order valence-electron chi connectivity index (χ4n) is 2.08. The molecule has 3 heterocycles. The average molecular weight is 212 g/mol. The third-order valence-corrected chi connectivity index (χ3v) is 4.17. The first-order valence-corrected chi connectivity index (χ1v) is 5.82. The average Bonchev–Trinajstić information content (AvgIpc) is 2.93. The molecule has 2 unspecified atom stereocenters. The van der Waals surface area contributed by atoms with Crippen LogP contribution in [0.3, 0.4) is 0 Å². The first kappa shape index (κ1) is 8.55. The molecule has 2 aliphatic heterocycles. The van der Waals surface area contributed by atoms with Gasteiger partial charge in [0.2, 0.25) is 5.89 Å². The maximum atomic E-state index is 5.44. The van der Waals surface area contributed by atoms with Crippen molar-refractivity contribution in [2.24, 2.45) is 5.73 Å². The van der Waals surface area contributed by atoms with E-state index < -0.39 is 0 Å². The summed E-state index contributed by atoms with van der Waals surface area (Å²) in [4.78, 5) is 2.22. The van der Waals surface area contributed by atoms with Crippen LogP contribution in [-0.2, 0) is 6.54 Å². The molecule has 0 amide bonds. The molecule has 2 fully saturated rings. The highest BCUT2D eigenvalue weighted by molar-refractivity contribution is 8.00. The van der Waals surface area contributed by atoms with E-state index in [1.165, 1.54) is 12.2 Å². The SMILES string of the molecule is NCc1nnc(N2CC3CC2CS3)o1. The molecule has 6 heteroatoms. The van der Waals surface area contributed by atoms with Crippen LogP contribution >= 0.6 is 11.8 Å². The van der Waals surface area contributed by atoms with Gasteiger partial charge in [-0.05, 0) is 6.42 Å². The van der Waals surface area contributed by atoms with Crippen molar-refractivity contribution in [3.05, 3.63) is 5.89 Å². The van der Waals surface area contributed by atoms with Gasteiger partial charge in [0.15, 0.2) is 0 Å². The van der Waals surface area contributed by atoms with Gasteiger partial charge in [0.1, 0.15) is 0 Å². The minimum Gasteiger partial charge on any atom is -0.407 e. The summed E-state index contributed by atoms with van der Waals surface area (Å²) in [5, 5.41) is 8.64. The van der Waals surface area contributed by atoms with E-state index in [0.29, 0.717) is 24.5 Å². The van der Waals surface area contributed by atoms with E-state index in [1.54, 1.807) is 0 Å². The van der Waals surface area contributed by atoms with Crippen LogP contribution in [0.1, 0.15) is 12.3 Å². The van der Waals surface area contributed by atoms with Crippen molar-refractivity contribution in [3.8, 4) is 0 Å². The van der Waals surface area contributed by atoms with Crippen LogP contribution < -0.4 is 10.6 Å². The van der Waals surface area contributed by atoms with Crippen LogP contribution in [0.15, 0.2) is 4.42 Å². The van der Waals surface area contributed by atoms with Gasteiger partial charge in [-0.15, -0.1) is 5.10 Å². The van der Waals surface area contributed by atoms with Gasteiger partial charge in [-0.1, -0.05) is 5.10 Å². The standard InChI is InChI=1S/C8H12N4OS/c9-2-7-10-11-8(13-7)12-3-6-1-5(12)4-14-6/h5-6H,1-4,9H2. The maximum Gasteiger partial charge on any atom is 0.318 e. The van der Waals surface area contributed by atoms with Gasteiger partial charge in [0.25, 0.3) is 0 Å². The summed E-state index contributed by atoms with van der Waals surface area (Å²) in [6, 6.07) is 1.24. The fraction of sp³-hybridized carbons (Fsp3) is 0.750. The second-order valence-corrected chi connectivity index (χ2v) is 5.01. The van der Waals surface area contributed by atoms with Crippen molar-refractivity contribution in [2.75, 3.05) is 17.2 Å². The van der Waals surface area contributed by atoms with Crippen molar-refractivity contribution in [3.63, 3.8) is 0 Å². The molecule has 1 aromatic rings. The molecule has 14 heavy (non-hydrogen) atoms. The van der Waals surface area contributed by atoms with Gasteiger partial charge in [-0.3, -0.25) is 0 Å². The molecule has 0 aromatic carbocycles. The number of nitrogens with zero attached hydrogens (tertiary/aromatic N) is 3. The Labute approximate surface area is 86.0 Å². The molecule has 2 saturated heterocycles. The summed E-state index contributed by atoms with van der Waals surface area (Å²) in [5.74, 6) is 1.71. The molecule has 2 aliphatic rings. The summed E-state index contributed by atoms with van der Waals surface area (Å²) in [5.41, 5.74) is 5.42. The molecule has 0 radical (unpaired) electrons. The topological polar surface area (TPSA) is 68.2 Å². The Hall–Kier alpha value is -0.750. The number of rotatable bonds is 2. The normalized spacial score (nSPS) is 30.2. The quantitative estimate of drug-likeness (QED) is 0.756. The lowest BCUT2D eigenvalue weighted by atomic mass is 10.2. The molecule has 2 N–H and O–H groups in total. The van der Waals surface area contributed by atoms with Crippen molar-refractivity contribution < 1.29 is 4.42 Å². The zero-order valence-electron chi connectivity index (χ0n) is 7.72. The summed E-state index contributed by atoms with van der Waals surface area (Å²) in [6.07, 6.45) is 1.25. The highest BCUT2D eigenvalue weighted by Crippen LogP contribution is 2.39. The summed E-state index contributed by atoms with van der Waals surface area (Å²) in [6.45, 7) is 1.37. The molecule has 0 spiro atoms. The predicted molar refractivity (Wildman–Crippen MR) is 54.2 cm³/mol. The lowest BCUT2D eigenvalue weighted by Gasteiger charge is -2.23. The van der Waals surface area contributed by atoms with Gasteiger partial charge in [-0.25, -0.2) is 0 Å². The molecule has 5 nitrogen and oxygen atoms in total. The molecular formula is C8H12N4OS. The zero-order valence-corrected chi connectivity index (χ0v) is 8.54. The number of thioether (sulfide) groups is 1. The predicted octanol–water partition coefficient (Wildman–Crippen LogP) is 0.222. The van der Waals surface area contributed by atoms with Crippen molar-refractivity contribution in [1.82, 2.24) is 10.2 Å². The maximum absolute atomic E-state index is 5.44. The lowest BCUT2D eigenvalue weighted by Crippen LogP contribution is -2.34. The van der Waals surface area contributed by atoms with E-state index in [-0.39, 0.29) is 0 Å². The smallest absolute Gasteiger partial charge is 0.318 e. The highest BCUT2D eigenvalue weighted by Gasteiger charge is 2.40. The Morgan fingerprint density at radius 1 is 1.57 bits per heavy atom. The van der Waals surface area contributed by atoms with Crippen LogP contribution in [0.25, 0.3) is 0 Å². The van der Waals surface area contributed by atoms with E-state index in [0.717, 1.165) is 11.8 Å². The second kappa shape index (κ2) is 3.13. The van der Waals surface area contributed by atoms with E-state index in [2.05, 4.69) is 15.1 Å². The number of nitrogens with two attached hydrogens (primary N) is 1. The van der Waals surface area contributed by atoms with E-state index in [1.807, 2.05) is 11.8 Å². The third kappa shape index (κ3) is 1.21. The molecule has 0 aliphatic carbocycles. The molecule has 76 valence electrons. The number of hydrogen-bond acceptors (Lipinski definition) is 6. The largest absolute Gasteiger partial charge is 0.407 e. The van der Waals surface area contributed by atoms with Gasteiger partial charge < -0.3 is 15.1 Å². The first-order valence-electron chi connectivity index (χ1n) is 4.77. The van der Waals surface area contributed by atoms with E-state index in [9.17, 15) is 0 Å². The number of hydrogen-bond donors (Lipinski definition) is 1. The van der Waals surface area contributed by atoms with Crippen molar-refractivity contribution in [2.45, 2.75) is 24.3 Å². The van der Waals surface area contributed by atoms with E-state index in [4.69, 9.17) is 10.2 Å². The fourth-order valence-corrected chi connectivity index (χ4v) is 3.51. The molecular weight excluding hydrogens is 200 g/mol. The molecule has 1 aromatic heterocycles. The summed E-state index contributed by atoms with van der Waals surface area (Å²) < 4.78 is 5.44. The van der Waals surface area contributed by atoms with Crippen LogP contribution in [0.5, 0.6) is 0 Å². The minimum absolute atomic E-state index is 0.323. The molecule has 2 atom stereocenters. The Morgan fingerprint density at radius 2 is 2.50 bits per heavy atom. The van der Waals surface area contributed by atoms with Crippen LogP contribution in [0.4, 0.5) is 6.01 Å². The lowest BCUT2D eigenvalue weighted by molar-refractivity contribution is 0.483. The van der Waals surface area contributed by atoms with Crippen molar-refractivity contribution in [1.29, 1.82) is 0 Å². The van der Waals surface area contributed by atoms with Gasteiger partial charge in [0, 0.05) is 23.6 Å². The number of fused-ring (bicyclic) bond motifs is 2. The Bertz CT molecular complexity index is 342. The van der Waals surface area contributed by atoms with Crippen molar-refractivity contribution >= 4 is 17.8 Å². The Morgan fingerprint density at radius 3 is 3.07 bits per heavy atom. The second-order valence-electron chi connectivity index (χ2n) is 3.68. The molecule has 3 rings (SSSR count). The zero-order chi connectivity index (χ0) is 9.54. The van der Waals surface area contributed by atoms with Gasteiger partial charge >= 0.3 is 6.01 Å². The minimum atomic E-state index is 0.323. The Kier molecular flexibility index (Phi) is 1.91. The van der Waals surface area contributed by atoms with E-state index >= 15 is 0 Å². The molecule has 2 bridgehead atoms. The summed E-state index contributed by atoms with van der Waals surface area (Å²) >= 11 is 2.05.